The Labute approximate surface area is 315 Å². The third kappa shape index (κ3) is 8.27. The van der Waals surface area contributed by atoms with Crippen LogP contribution in [0.2, 0.25) is 0 Å². The number of nitrogens with zero attached hydrogens (tertiary/aromatic N) is 1. The topological polar surface area (TPSA) is 27.3 Å². The van der Waals surface area contributed by atoms with Crippen molar-refractivity contribution in [1.29, 1.82) is 0 Å². The average molecular weight is 690 g/mol. The summed E-state index contributed by atoms with van der Waals surface area (Å²) >= 11 is 0. The molecule has 262 valence electrons. The second-order valence-electron chi connectivity index (χ2n) is 13.5. The van der Waals surface area contributed by atoms with E-state index in [0.717, 1.165) is 76.4 Å². The summed E-state index contributed by atoms with van der Waals surface area (Å²) in [4.78, 5) is 2.24. The number of allylic oxidation sites excluding steroid dienone is 10. The fourth-order valence-electron chi connectivity index (χ4n) is 7.07. The van der Waals surface area contributed by atoms with Gasteiger partial charge >= 0.3 is 0 Å². The second kappa shape index (κ2) is 16.8. The number of rotatable bonds is 12. The van der Waals surface area contributed by atoms with Gasteiger partial charge in [0.1, 0.15) is 0 Å². The quantitative estimate of drug-likeness (QED) is 0.128. The fourth-order valence-corrected chi connectivity index (χ4v) is 7.07. The molecular weight excluding hydrogens is 643 g/mol. The third-order valence-electron chi connectivity index (χ3n) is 9.93. The highest BCUT2D eigenvalue weighted by Crippen LogP contribution is 2.40. The van der Waals surface area contributed by atoms with Crippen LogP contribution in [0.15, 0.2) is 195 Å². The monoisotopic (exact) mass is 689 g/mol. The molecular formula is C50H47N3. The van der Waals surface area contributed by atoms with Gasteiger partial charge in [-0.3, -0.25) is 0 Å². The Morgan fingerprint density at radius 3 is 2.34 bits per heavy atom. The van der Waals surface area contributed by atoms with E-state index in [1.54, 1.807) is 0 Å². The molecule has 0 bridgehead atoms. The molecule has 0 radical (unpaired) electrons. The molecule has 0 fully saturated rings. The van der Waals surface area contributed by atoms with Crippen molar-refractivity contribution in [1.82, 2.24) is 0 Å². The van der Waals surface area contributed by atoms with Crippen LogP contribution in [0.4, 0.5) is 28.4 Å². The van der Waals surface area contributed by atoms with Crippen LogP contribution in [0.25, 0.3) is 22.3 Å². The Balaban J connectivity index is 1.23. The summed E-state index contributed by atoms with van der Waals surface area (Å²) in [6.45, 7) is 11.0. The molecule has 1 atom stereocenters. The number of anilines is 5. The van der Waals surface area contributed by atoms with E-state index in [1.807, 2.05) is 6.08 Å². The molecule has 5 aromatic rings. The van der Waals surface area contributed by atoms with Crippen LogP contribution in [0.5, 0.6) is 0 Å². The zero-order valence-electron chi connectivity index (χ0n) is 30.5. The maximum atomic E-state index is 4.61. The van der Waals surface area contributed by atoms with Gasteiger partial charge in [-0.1, -0.05) is 141 Å². The first-order chi connectivity index (χ1) is 26.1. The van der Waals surface area contributed by atoms with Gasteiger partial charge in [0.15, 0.2) is 0 Å². The number of para-hydroxylation sites is 3. The van der Waals surface area contributed by atoms with Gasteiger partial charge in [-0.2, -0.15) is 0 Å². The van der Waals surface area contributed by atoms with Gasteiger partial charge < -0.3 is 15.5 Å². The molecule has 53 heavy (non-hydrogen) atoms. The Hall–Kier alpha value is -6.32. The average Bonchev–Trinajstić information content (AvgIpc) is 3.21. The number of fused-ring (bicyclic) bond motifs is 1. The van der Waals surface area contributed by atoms with Crippen LogP contribution < -0.4 is 15.5 Å². The van der Waals surface area contributed by atoms with Gasteiger partial charge in [0, 0.05) is 28.7 Å². The molecule has 1 heterocycles. The van der Waals surface area contributed by atoms with E-state index in [-0.39, 0.29) is 6.04 Å². The summed E-state index contributed by atoms with van der Waals surface area (Å²) in [5.41, 5.74) is 14.6. The largest absolute Gasteiger partial charge is 0.373 e. The lowest BCUT2D eigenvalue weighted by Gasteiger charge is -2.28. The lowest BCUT2D eigenvalue weighted by molar-refractivity contribution is 0.811. The van der Waals surface area contributed by atoms with Crippen molar-refractivity contribution < 1.29 is 0 Å². The fraction of sp³-hybridized carbons (Fsp3) is 0.120. The molecule has 0 amide bonds. The lowest BCUT2D eigenvalue weighted by atomic mass is 9.91. The van der Waals surface area contributed by atoms with E-state index in [1.165, 1.54) is 22.3 Å². The van der Waals surface area contributed by atoms with E-state index < -0.39 is 0 Å². The SMILES string of the molecule is C=C(CC/C=C\C)c1cc(N2/C=C\C=C/C(=C)c3ccccc32)ccc1Nc1ccccc1NC(C1=CC=CCC1)c1ccc(-c2ccccc2)cc1. The number of hydrogen-bond acceptors (Lipinski definition) is 3. The van der Waals surface area contributed by atoms with E-state index in [0.29, 0.717) is 0 Å². The molecule has 5 aromatic carbocycles. The van der Waals surface area contributed by atoms with E-state index in [2.05, 4.69) is 206 Å². The minimum absolute atomic E-state index is 0.0214. The third-order valence-corrected chi connectivity index (χ3v) is 9.93. The maximum Gasteiger partial charge on any atom is 0.0731 e. The molecule has 1 aliphatic heterocycles. The highest BCUT2D eigenvalue weighted by molar-refractivity contribution is 5.89. The van der Waals surface area contributed by atoms with Crippen molar-refractivity contribution in [2.75, 3.05) is 15.5 Å². The summed E-state index contributed by atoms with van der Waals surface area (Å²) in [5, 5.41) is 7.81. The van der Waals surface area contributed by atoms with Gasteiger partial charge in [0.2, 0.25) is 0 Å². The first-order valence-electron chi connectivity index (χ1n) is 18.6. The van der Waals surface area contributed by atoms with Crippen molar-refractivity contribution in [3.8, 4) is 11.1 Å². The summed E-state index contributed by atoms with van der Waals surface area (Å²) in [6.07, 6.45) is 23.2. The highest BCUT2D eigenvalue weighted by atomic mass is 15.1. The standard InChI is InChI=1S/C50H47N3/c1-4-5-8-19-38(3)45-36-43(53-35-18-17-20-37(2)44-25-13-16-28-49(44)53)33-34-46(45)51-47-26-14-15-27-48(47)52-50(41-23-11-7-12-24-41)42-31-29-40(30-32-42)39-21-9-6-10-22-39/h4-7,9-11,13-18,20-23,25-36,50-52H,2-3,8,12,19,24H2,1H3/b5-4-,20-17-,35-18-. The van der Waals surface area contributed by atoms with Crippen LogP contribution in [-0.4, -0.2) is 0 Å². The van der Waals surface area contributed by atoms with Crippen molar-refractivity contribution in [3.63, 3.8) is 0 Å². The Morgan fingerprint density at radius 2 is 1.55 bits per heavy atom. The van der Waals surface area contributed by atoms with E-state index >= 15 is 0 Å². The highest BCUT2D eigenvalue weighted by Gasteiger charge is 2.20. The van der Waals surface area contributed by atoms with Crippen molar-refractivity contribution in [2.45, 2.75) is 38.6 Å². The summed E-state index contributed by atoms with van der Waals surface area (Å²) in [7, 11) is 0. The molecule has 3 nitrogen and oxygen atoms in total. The molecule has 2 N–H and O–H groups in total. The smallest absolute Gasteiger partial charge is 0.0731 e. The molecule has 2 aliphatic rings. The lowest BCUT2D eigenvalue weighted by Crippen LogP contribution is -2.15. The first kappa shape index (κ1) is 35.1. The zero-order valence-corrected chi connectivity index (χ0v) is 30.5. The van der Waals surface area contributed by atoms with Crippen molar-refractivity contribution in [3.05, 3.63) is 212 Å². The maximum absolute atomic E-state index is 4.61. The Bertz CT molecular complexity index is 2230. The predicted molar refractivity (Wildman–Crippen MR) is 230 cm³/mol. The van der Waals surface area contributed by atoms with Crippen LogP contribution >= 0.6 is 0 Å². The van der Waals surface area contributed by atoms with Crippen LogP contribution in [-0.2, 0) is 0 Å². The Kier molecular flexibility index (Phi) is 11.1. The van der Waals surface area contributed by atoms with Crippen LogP contribution in [0.1, 0.15) is 55.3 Å². The van der Waals surface area contributed by atoms with Gasteiger partial charge in [0.25, 0.3) is 0 Å². The second-order valence-corrected chi connectivity index (χ2v) is 13.5. The van der Waals surface area contributed by atoms with E-state index in [9.17, 15) is 0 Å². The molecule has 1 unspecified atom stereocenters. The Morgan fingerprint density at radius 1 is 0.792 bits per heavy atom. The molecule has 3 heteroatoms. The minimum atomic E-state index is 0.0214. The molecule has 7 rings (SSSR count). The number of benzene rings is 5. The molecule has 0 saturated carbocycles. The molecule has 0 spiro atoms. The van der Waals surface area contributed by atoms with Crippen LogP contribution in [0, 0.1) is 0 Å². The molecule has 0 saturated heterocycles. The minimum Gasteiger partial charge on any atom is -0.373 e. The van der Waals surface area contributed by atoms with Gasteiger partial charge in [-0.05, 0) is 108 Å². The first-order valence-corrected chi connectivity index (χ1v) is 18.6. The zero-order chi connectivity index (χ0) is 36.4. The summed E-state index contributed by atoms with van der Waals surface area (Å²) < 4.78 is 0. The number of hydrogen-bond donors (Lipinski definition) is 2. The van der Waals surface area contributed by atoms with Crippen molar-refractivity contribution in [2.24, 2.45) is 0 Å². The molecule has 1 aliphatic carbocycles. The van der Waals surface area contributed by atoms with Crippen LogP contribution in [0.3, 0.4) is 0 Å². The number of nitrogens with one attached hydrogen (secondary N) is 2. The van der Waals surface area contributed by atoms with Crippen molar-refractivity contribution >= 4 is 39.6 Å². The van der Waals surface area contributed by atoms with Gasteiger partial charge in [0.05, 0.1) is 23.1 Å². The predicted octanol–water partition coefficient (Wildman–Crippen LogP) is 14.1. The van der Waals surface area contributed by atoms with E-state index in [4.69, 9.17) is 0 Å². The normalized spacial score (nSPS) is 15.5. The summed E-state index contributed by atoms with van der Waals surface area (Å²) in [6, 6.07) is 43.2. The van der Waals surface area contributed by atoms with Gasteiger partial charge in [-0.25, -0.2) is 0 Å². The van der Waals surface area contributed by atoms with Gasteiger partial charge in [-0.15, -0.1) is 0 Å². The summed E-state index contributed by atoms with van der Waals surface area (Å²) in [5.74, 6) is 0. The molecule has 0 aromatic heterocycles.